The zero-order valence-electron chi connectivity index (χ0n) is 11.4. The van der Waals surface area contributed by atoms with Gasteiger partial charge in [0.1, 0.15) is 0 Å². The van der Waals surface area contributed by atoms with Crippen molar-refractivity contribution < 1.29 is 14.3 Å². The summed E-state index contributed by atoms with van der Waals surface area (Å²) in [4.78, 5) is 23.0. The van der Waals surface area contributed by atoms with E-state index in [0.717, 1.165) is 25.7 Å². The number of ether oxygens (including phenoxy) is 1. The highest BCUT2D eigenvalue weighted by Gasteiger charge is 2.17. The summed E-state index contributed by atoms with van der Waals surface area (Å²) in [6.07, 6.45) is 5.98. The topological polar surface area (TPSA) is 43.4 Å². The number of hydrogen-bond acceptors (Lipinski definition) is 3. The summed E-state index contributed by atoms with van der Waals surface area (Å²) < 4.78 is 4.89. The van der Waals surface area contributed by atoms with Crippen LogP contribution in [0.4, 0.5) is 0 Å². The standard InChI is InChI=1S/C14H24O3/c1-5-8-9-12(6-2)10-13(11(4)15)14(16)17-7-3/h10,12H,5-9H2,1-4H3/b13-10-/t12-/m0/s1. The highest BCUT2D eigenvalue weighted by atomic mass is 16.5. The van der Waals surface area contributed by atoms with Crippen molar-refractivity contribution in [2.75, 3.05) is 6.61 Å². The van der Waals surface area contributed by atoms with E-state index in [1.807, 2.05) is 0 Å². The van der Waals surface area contributed by atoms with Crippen molar-refractivity contribution in [2.24, 2.45) is 5.92 Å². The van der Waals surface area contributed by atoms with Gasteiger partial charge in [0, 0.05) is 0 Å². The fraction of sp³-hybridized carbons (Fsp3) is 0.714. The van der Waals surface area contributed by atoms with Crippen LogP contribution in [-0.2, 0) is 14.3 Å². The van der Waals surface area contributed by atoms with Crippen molar-refractivity contribution >= 4 is 11.8 Å². The Morgan fingerprint density at radius 3 is 2.29 bits per heavy atom. The Morgan fingerprint density at radius 1 is 1.24 bits per heavy atom. The van der Waals surface area contributed by atoms with Crippen molar-refractivity contribution in [2.45, 2.75) is 53.4 Å². The summed E-state index contributed by atoms with van der Waals surface area (Å²) in [5.74, 6) is -0.411. The van der Waals surface area contributed by atoms with E-state index >= 15 is 0 Å². The molecule has 0 aromatic carbocycles. The lowest BCUT2D eigenvalue weighted by Gasteiger charge is -2.11. The maximum atomic E-state index is 11.6. The van der Waals surface area contributed by atoms with E-state index in [1.54, 1.807) is 13.0 Å². The van der Waals surface area contributed by atoms with E-state index in [9.17, 15) is 9.59 Å². The molecule has 3 nitrogen and oxygen atoms in total. The third kappa shape index (κ3) is 6.25. The summed E-state index contributed by atoms with van der Waals surface area (Å²) in [6, 6.07) is 0. The fourth-order valence-electron chi connectivity index (χ4n) is 1.65. The van der Waals surface area contributed by atoms with Gasteiger partial charge in [0.25, 0.3) is 0 Å². The van der Waals surface area contributed by atoms with E-state index in [-0.39, 0.29) is 11.4 Å². The van der Waals surface area contributed by atoms with E-state index in [4.69, 9.17) is 4.74 Å². The number of ketones is 1. The molecular weight excluding hydrogens is 216 g/mol. The van der Waals surface area contributed by atoms with Gasteiger partial charge >= 0.3 is 5.97 Å². The molecule has 0 saturated carbocycles. The maximum absolute atomic E-state index is 11.6. The molecule has 0 N–H and O–H groups in total. The molecule has 0 amide bonds. The molecule has 0 rings (SSSR count). The highest BCUT2D eigenvalue weighted by molar-refractivity contribution is 6.16. The van der Waals surface area contributed by atoms with E-state index in [1.165, 1.54) is 6.92 Å². The first kappa shape index (κ1) is 15.9. The molecule has 3 heteroatoms. The Balaban J connectivity index is 4.75. The van der Waals surface area contributed by atoms with Crippen LogP contribution in [0.3, 0.4) is 0 Å². The number of carbonyl (C=O) groups is 2. The molecule has 0 unspecified atom stereocenters. The smallest absolute Gasteiger partial charge is 0.341 e. The van der Waals surface area contributed by atoms with Crippen LogP contribution in [-0.4, -0.2) is 18.4 Å². The second-order valence-electron chi connectivity index (χ2n) is 4.17. The number of hydrogen-bond donors (Lipinski definition) is 0. The molecule has 0 spiro atoms. The fourth-order valence-corrected chi connectivity index (χ4v) is 1.65. The molecule has 0 heterocycles. The lowest BCUT2D eigenvalue weighted by Crippen LogP contribution is -2.15. The molecule has 0 saturated heterocycles. The molecule has 0 aromatic heterocycles. The third-order valence-corrected chi connectivity index (χ3v) is 2.73. The predicted octanol–water partition coefficient (Wildman–Crippen LogP) is 3.28. The zero-order valence-corrected chi connectivity index (χ0v) is 11.4. The van der Waals surface area contributed by atoms with Gasteiger partial charge < -0.3 is 4.74 Å². The average molecular weight is 240 g/mol. The number of allylic oxidation sites excluding steroid dienone is 1. The van der Waals surface area contributed by atoms with E-state index in [0.29, 0.717) is 12.5 Å². The third-order valence-electron chi connectivity index (χ3n) is 2.73. The lowest BCUT2D eigenvalue weighted by molar-refractivity contribution is -0.139. The highest BCUT2D eigenvalue weighted by Crippen LogP contribution is 2.17. The van der Waals surface area contributed by atoms with Crippen LogP contribution in [0.2, 0.25) is 0 Å². The molecule has 98 valence electrons. The Labute approximate surface area is 104 Å². The normalized spacial score (nSPS) is 13.3. The number of carbonyl (C=O) groups excluding carboxylic acids is 2. The lowest BCUT2D eigenvalue weighted by atomic mass is 9.95. The zero-order chi connectivity index (χ0) is 13.3. The molecule has 17 heavy (non-hydrogen) atoms. The van der Waals surface area contributed by atoms with Crippen LogP contribution >= 0.6 is 0 Å². The van der Waals surface area contributed by atoms with Gasteiger partial charge in [-0.1, -0.05) is 32.8 Å². The van der Waals surface area contributed by atoms with Crippen LogP contribution in [0.15, 0.2) is 11.6 Å². The minimum atomic E-state index is -0.491. The molecule has 0 aliphatic carbocycles. The molecule has 1 atom stereocenters. The van der Waals surface area contributed by atoms with E-state index in [2.05, 4.69) is 13.8 Å². The van der Waals surface area contributed by atoms with Gasteiger partial charge in [-0.3, -0.25) is 4.79 Å². The van der Waals surface area contributed by atoms with Crippen LogP contribution < -0.4 is 0 Å². The van der Waals surface area contributed by atoms with Crippen molar-refractivity contribution in [1.29, 1.82) is 0 Å². The monoisotopic (exact) mass is 240 g/mol. The Morgan fingerprint density at radius 2 is 1.88 bits per heavy atom. The minimum absolute atomic E-state index is 0.204. The second kappa shape index (κ2) is 8.97. The van der Waals surface area contributed by atoms with Gasteiger partial charge in [-0.25, -0.2) is 4.79 Å². The predicted molar refractivity (Wildman–Crippen MR) is 68.7 cm³/mol. The molecule has 0 aliphatic rings. The Hall–Kier alpha value is -1.12. The number of rotatable bonds is 8. The number of esters is 1. The van der Waals surface area contributed by atoms with Gasteiger partial charge in [0.15, 0.2) is 5.78 Å². The minimum Gasteiger partial charge on any atom is -0.462 e. The molecule has 0 aliphatic heterocycles. The van der Waals surface area contributed by atoms with Crippen LogP contribution in [0.1, 0.15) is 53.4 Å². The van der Waals surface area contributed by atoms with Crippen LogP contribution in [0, 0.1) is 5.92 Å². The molecule has 0 bridgehead atoms. The molecular formula is C14H24O3. The van der Waals surface area contributed by atoms with Gasteiger partial charge in [0.05, 0.1) is 12.2 Å². The van der Waals surface area contributed by atoms with Gasteiger partial charge in [0.2, 0.25) is 0 Å². The van der Waals surface area contributed by atoms with Crippen molar-refractivity contribution in [3.05, 3.63) is 11.6 Å². The maximum Gasteiger partial charge on any atom is 0.341 e. The summed E-state index contributed by atoms with van der Waals surface area (Å²) in [7, 11) is 0. The van der Waals surface area contributed by atoms with Crippen molar-refractivity contribution in [3.63, 3.8) is 0 Å². The average Bonchev–Trinajstić information content (AvgIpc) is 2.29. The quantitative estimate of drug-likeness (QED) is 0.283. The van der Waals surface area contributed by atoms with Crippen LogP contribution in [0.5, 0.6) is 0 Å². The summed E-state index contributed by atoms with van der Waals surface area (Å²) >= 11 is 0. The van der Waals surface area contributed by atoms with Gasteiger partial charge in [-0.05, 0) is 32.6 Å². The molecule has 0 radical (unpaired) electrons. The first-order chi connectivity index (χ1) is 8.06. The molecule has 0 fully saturated rings. The Bertz CT molecular complexity index is 279. The Kier molecular flexibility index (Phi) is 8.38. The summed E-state index contributed by atoms with van der Waals surface area (Å²) in [5.41, 5.74) is 0.204. The van der Waals surface area contributed by atoms with Crippen molar-refractivity contribution in [1.82, 2.24) is 0 Å². The summed E-state index contributed by atoms with van der Waals surface area (Å²) in [5, 5.41) is 0. The van der Waals surface area contributed by atoms with Crippen molar-refractivity contribution in [3.8, 4) is 0 Å². The second-order valence-corrected chi connectivity index (χ2v) is 4.17. The SMILES string of the molecule is CCCC[C@@H](/C=C(/C(C)=O)C(=O)OCC)CC. The first-order valence-corrected chi connectivity index (χ1v) is 6.46. The van der Waals surface area contributed by atoms with Crippen LogP contribution in [0.25, 0.3) is 0 Å². The molecule has 0 aromatic rings. The first-order valence-electron chi connectivity index (χ1n) is 6.46. The van der Waals surface area contributed by atoms with Gasteiger partial charge in [-0.15, -0.1) is 0 Å². The van der Waals surface area contributed by atoms with E-state index < -0.39 is 5.97 Å². The number of Topliss-reactive ketones (excluding diaryl/α,β-unsaturated/α-hetero) is 1. The van der Waals surface area contributed by atoms with Gasteiger partial charge in [-0.2, -0.15) is 0 Å². The largest absolute Gasteiger partial charge is 0.462 e. The number of unbranched alkanes of at least 4 members (excludes halogenated alkanes) is 1. The summed E-state index contributed by atoms with van der Waals surface area (Å²) in [6.45, 7) is 7.65.